The Labute approximate surface area is 341 Å². The van der Waals surface area contributed by atoms with E-state index < -0.39 is 68.9 Å². The van der Waals surface area contributed by atoms with E-state index >= 15 is 0 Å². The lowest BCUT2D eigenvalue weighted by atomic mass is 9.85. The predicted molar refractivity (Wildman–Crippen MR) is 218 cm³/mol. The first-order valence-electron chi connectivity index (χ1n) is 19.4. The molecule has 1 aliphatic heterocycles. The van der Waals surface area contributed by atoms with Crippen LogP contribution in [0.2, 0.25) is 0 Å². The molecule has 58 heavy (non-hydrogen) atoms. The van der Waals surface area contributed by atoms with Crippen molar-refractivity contribution >= 4 is 56.2 Å². The highest BCUT2D eigenvalue weighted by atomic mass is 32.2. The van der Waals surface area contributed by atoms with Crippen LogP contribution in [0.25, 0.3) is 21.6 Å². The van der Waals surface area contributed by atoms with Crippen LogP contribution in [-0.4, -0.2) is 83.5 Å². The fourth-order valence-electron chi connectivity index (χ4n) is 7.62. The van der Waals surface area contributed by atoms with E-state index in [1.54, 1.807) is 32.9 Å². The molecule has 2 aliphatic carbocycles. The molecular weight excluding hydrogens is 781 g/mol. The summed E-state index contributed by atoms with van der Waals surface area (Å²) in [5.41, 5.74) is 0.127. The minimum absolute atomic E-state index is 0.0164. The van der Waals surface area contributed by atoms with Crippen molar-refractivity contribution in [3.8, 4) is 16.5 Å². The fourth-order valence-corrected chi connectivity index (χ4v) is 9.37. The van der Waals surface area contributed by atoms with Gasteiger partial charge in [-0.25, -0.2) is 27.9 Å². The Morgan fingerprint density at radius 1 is 0.983 bits per heavy atom. The molecule has 2 saturated carbocycles. The van der Waals surface area contributed by atoms with Gasteiger partial charge in [-0.1, -0.05) is 62.7 Å². The maximum Gasteiger partial charge on any atom is 0.408 e. The number of sulfonamides is 1. The third-order valence-electron chi connectivity index (χ3n) is 11.0. The molecule has 2 aromatic heterocycles. The highest BCUT2D eigenvalue weighted by Gasteiger charge is 2.61. The highest BCUT2D eigenvalue weighted by Crippen LogP contribution is 2.45. The minimum atomic E-state index is -4.29. The molecule has 3 N–H and O–H groups in total. The molecule has 14 nitrogen and oxygen atoms in total. The van der Waals surface area contributed by atoms with Crippen molar-refractivity contribution in [1.29, 1.82) is 0 Å². The number of aryl methyl sites for hydroxylation is 1. The Morgan fingerprint density at radius 2 is 1.67 bits per heavy atom. The SMILES string of the molecule is C=C[C@@H]1CC1(NC(=O)[C@@H]1C[C@@H](Oc2nc3ccccc3nc2-c2cccs2)CN1C(=O)[C@@H](NC(=O)OC1CCCC1)C(C)(C)C)C(=O)NS(=O)(=O)c1ccc(C)cc1. The van der Waals surface area contributed by atoms with E-state index in [0.717, 1.165) is 36.1 Å². The third kappa shape index (κ3) is 8.58. The van der Waals surface area contributed by atoms with Crippen molar-refractivity contribution in [2.75, 3.05) is 6.54 Å². The molecule has 0 spiro atoms. The first-order chi connectivity index (χ1) is 27.6. The highest BCUT2D eigenvalue weighted by molar-refractivity contribution is 7.90. The summed E-state index contributed by atoms with van der Waals surface area (Å²) < 4.78 is 41.0. The molecule has 4 aromatic rings. The van der Waals surface area contributed by atoms with Crippen molar-refractivity contribution in [3.05, 3.63) is 84.3 Å². The molecule has 0 radical (unpaired) electrons. The number of aromatic nitrogens is 2. The van der Waals surface area contributed by atoms with E-state index in [4.69, 9.17) is 19.4 Å². The van der Waals surface area contributed by atoms with Crippen LogP contribution in [0.3, 0.4) is 0 Å². The third-order valence-corrected chi connectivity index (χ3v) is 13.2. The summed E-state index contributed by atoms with van der Waals surface area (Å²) in [6, 6.07) is 14.9. The number of thiophene rings is 1. The van der Waals surface area contributed by atoms with Gasteiger partial charge in [0.15, 0.2) is 0 Å². The Hall–Kier alpha value is -5.35. The molecule has 3 aliphatic rings. The molecule has 0 bridgehead atoms. The largest absolute Gasteiger partial charge is 0.471 e. The number of hydrogen-bond acceptors (Lipinski definition) is 11. The number of nitrogens with one attached hydrogen (secondary N) is 3. The van der Waals surface area contributed by atoms with Gasteiger partial charge in [-0.05, 0) is 80.2 Å². The molecule has 1 unspecified atom stereocenters. The van der Waals surface area contributed by atoms with Crippen LogP contribution in [0.4, 0.5) is 4.79 Å². The average Bonchev–Trinajstić information content (AvgIpc) is 3.66. The summed E-state index contributed by atoms with van der Waals surface area (Å²) in [4.78, 5) is 68.0. The summed E-state index contributed by atoms with van der Waals surface area (Å²) in [5, 5.41) is 7.51. The van der Waals surface area contributed by atoms with Crippen LogP contribution in [0.1, 0.15) is 64.9 Å². The molecule has 306 valence electrons. The molecule has 2 aromatic carbocycles. The summed E-state index contributed by atoms with van der Waals surface area (Å²) >= 11 is 1.46. The molecule has 16 heteroatoms. The molecule has 5 atom stereocenters. The Balaban J connectivity index is 1.19. The van der Waals surface area contributed by atoms with Crippen molar-refractivity contribution in [1.82, 2.24) is 30.2 Å². The maximum atomic E-state index is 14.7. The topological polar surface area (TPSA) is 186 Å². The maximum absolute atomic E-state index is 14.7. The van der Waals surface area contributed by atoms with Gasteiger partial charge in [0, 0.05) is 12.3 Å². The number of carbonyl (C=O) groups is 4. The first kappa shape index (κ1) is 40.8. The quantitative estimate of drug-likeness (QED) is 0.151. The molecule has 3 fully saturated rings. The van der Waals surface area contributed by atoms with E-state index in [9.17, 15) is 27.6 Å². The first-order valence-corrected chi connectivity index (χ1v) is 21.8. The van der Waals surface area contributed by atoms with Crippen LogP contribution >= 0.6 is 11.3 Å². The summed E-state index contributed by atoms with van der Waals surface area (Å²) in [7, 11) is -4.29. The number of ether oxygens (including phenoxy) is 2. The second-order valence-corrected chi connectivity index (χ2v) is 19.0. The van der Waals surface area contributed by atoms with Crippen LogP contribution in [0.15, 0.2) is 83.6 Å². The van der Waals surface area contributed by atoms with Gasteiger partial charge in [0.1, 0.15) is 35.5 Å². The van der Waals surface area contributed by atoms with Crippen molar-refractivity contribution in [2.24, 2.45) is 11.3 Å². The number of hydrogen-bond donors (Lipinski definition) is 3. The average molecular weight is 829 g/mol. The zero-order chi connectivity index (χ0) is 41.4. The predicted octanol–water partition coefficient (Wildman–Crippen LogP) is 5.66. The van der Waals surface area contributed by atoms with Crippen molar-refractivity contribution in [2.45, 2.75) is 101 Å². The second-order valence-electron chi connectivity index (χ2n) is 16.3. The van der Waals surface area contributed by atoms with Crippen LogP contribution in [0.5, 0.6) is 5.88 Å². The van der Waals surface area contributed by atoms with Gasteiger partial charge in [-0.3, -0.25) is 14.4 Å². The van der Waals surface area contributed by atoms with Crippen molar-refractivity contribution < 1.29 is 37.1 Å². The summed E-state index contributed by atoms with van der Waals surface area (Å²) in [6.07, 6.45) is 3.21. The zero-order valence-corrected chi connectivity index (χ0v) is 34.5. The molecular formula is C42H48N6O8S2. The van der Waals surface area contributed by atoms with Crippen molar-refractivity contribution in [3.63, 3.8) is 0 Å². The summed E-state index contributed by atoms with van der Waals surface area (Å²) in [6.45, 7) is 10.9. The second kappa shape index (κ2) is 16.1. The van der Waals surface area contributed by atoms with Gasteiger partial charge in [0.2, 0.25) is 17.7 Å². The zero-order valence-electron chi connectivity index (χ0n) is 32.9. The van der Waals surface area contributed by atoms with Gasteiger partial charge in [-0.15, -0.1) is 17.9 Å². The normalized spacial score (nSPS) is 22.6. The number of rotatable bonds is 12. The molecule has 7 rings (SSSR count). The lowest BCUT2D eigenvalue weighted by Gasteiger charge is -2.35. The fraction of sp³-hybridized carbons (Fsp3) is 0.429. The molecule has 1 saturated heterocycles. The Morgan fingerprint density at radius 3 is 2.29 bits per heavy atom. The number of benzene rings is 2. The lowest BCUT2D eigenvalue weighted by Crippen LogP contribution is -2.60. The number of nitrogens with zero attached hydrogens (tertiary/aromatic N) is 3. The monoisotopic (exact) mass is 828 g/mol. The number of amides is 4. The molecule has 3 heterocycles. The van der Waals surface area contributed by atoms with E-state index in [0.29, 0.717) is 16.7 Å². The van der Waals surface area contributed by atoms with Gasteiger partial charge in [0.25, 0.3) is 15.9 Å². The van der Waals surface area contributed by atoms with Crippen LogP contribution < -0.4 is 20.1 Å². The van der Waals surface area contributed by atoms with Gasteiger partial charge < -0.3 is 25.0 Å². The number of alkyl carbamates (subject to hydrolysis) is 1. The van der Waals surface area contributed by atoms with Gasteiger partial charge in [0.05, 0.1) is 27.4 Å². The minimum Gasteiger partial charge on any atom is -0.471 e. The van der Waals surface area contributed by atoms with Crippen LogP contribution in [-0.2, 0) is 29.1 Å². The number of likely N-dealkylation sites (tertiary alicyclic amines) is 1. The van der Waals surface area contributed by atoms with E-state index in [1.807, 2.05) is 48.7 Å². The van der Waals surface area contributed by atoms with Gasteiger partial charge >= 0.3 is 6.09 Å². The Kier molecular flexibility index (Phi) is 11.4. The number of carbonyl (C=O) groups excluding carboxylic acids is 4. The Bertz CT molecular complexity index is 2320. The number of fused-ring (bicyclic) bond motifs is 1. The van der Waals surface area contributed by atoms with E-state index in [1.165, 1.54) is 34.4 Å². The molecule has 4 amide bonds. The van der Waals surface area contributed by atoms with Gasteiger partial charge in [-0.2, -0.15) is 0 Å². The smallest absolute Gasteiger partial charge is 0.408 e. The number of para-hydroxylation sites is 2. The lowest BCUT2D eigenvalue weighted by molar-refractivity contribution is -0.143. The summed E-state index contributed by atoms with van der Waals surface area (Å²) in [5.74, 6) is -2.54. The van der Waals surface area contributed by atoms with E-state index in [2.05, 4.69) is 21.9 Å². The van der Waals surface area contributed by atoms with E-state index in [-0.39, 0.29) is 36.3 Å². The van der Waals surface area contributed by atoms with Crippen LogP contribution in [0, 0.1) is 18.3 Å². The standard InChI is InChI=1S/C42H48N6O8S2/c1-6-26-23-42(26,39(51)47-58(53,54)29-19-17-25(2)18-20-29)46-36(49)32-22-28(55-37-34(33-16-11-21-57-33)43-30-14-9-10-15-31(30)44-37)24-48(32)38(50)35(41(3,4)5)45-40(52)56-27-12-7-8-13-27/h6,9-11,14-21,26-28,32,35H,1,7-8,12-13,22-24H2,2-5H3,(H,45,52)(H,46,49)(H,47,51)/t26-,28-,32+,35-,42?/m1/s1.